The number of amides is 1. The third kappa shape index (κ3) is 3.07. The molecule has 2 aromatic rings. The average molecular weight is 241 g/mol. The first kappa shape index (κ1) is 12.1. The molecule has 3 N–H and O–H groups in total. The van der Waals surface area contributed by atoms with Gasteiger partial charge < -0.3 is 11.1 Å². The van der Waals surface area contributed by atoms with Crippen LogP contribution in [0.5, 0.6) is 0 Å². The first-order valence-corrected chi connectivity index (χ1v) is 5.71. The number of carbonyl (C=O) groups excluding carboxylic acids is 1. The van der Waals surface area contributed by atoms with Crippen LogP contribution in [0.15, 0.2) is 42.6 Å². The van der Waals surface area contributed by atoms with E-state index in [0.29, 0.717) is 17.9 Å². The number of benzene rings is 1. The van der Waals surface area contributed by atoms with Gasteiger partial charge in [-0.2, -0.15) is 0 Å². The van der Waals surface area contributed by atoms with Gasteiger partial charge in [0.25, 0.3) is 0 Å². The Morgan fingerprint density at radius 2 is 2.00 bits per heavy atom. The van der Waals surface area contributed by atoms with Crippen molar-refractivity contribution < 1.29 is 4.79 Å². The smallest absolute Gasteiger partial charge is 0.229 e. The minimum absolute atomic E-state index is 0.0819. The fourth-order valence-electron chi connectivity index (χ4n) is 1.61. The molecule has 1 aromatic carbocycles. The second kappa shape index (κ2) is 5.31. The standard InChI is InChI=1S/C14H15N3O/c1-10-3-2-8-16-14(10)17-13(18)9-11-4-6-12(15)7-5-11/h2-8H,9,15H2,1H3,(H,16,17,18). The maximum Gasteiger partial charge on any atom is 0.229 e. The molecule has 1 amide bonds. The second-order valence-corrected chi connectivity index (χ2v) is 4.14. The number of aromatic nitrogens is 1. The number of nitrogen functional groups attached to an aromatic ring is 1. The van der Waals surface area contributed by atoms with Crippen molar-refractivity contribution >= 4 is 17.4 Å². The number of hydrogen-bond donors (Lipinski definition) is 2. The normalized spacial score (nSPS) is 10.1. The van der Waals surface area contributed by atoms with Crippen molar-refractivity contribution in [1.82, 2.24) is 4.98 Å². The van der Waals surface area contributed by atoms with E-state index in [0.717, 1.165) is 11.1 Å². The van der Waals surface area contributed by atoms with Crippen LogP contribution in [0.1, 0.15) is 11.1 Å². The summed E-state index contributed by atoms with van der Waals surface area (Å²) in [4.78, 5) is 16.0. The van der Waals surface area contributed by atoms with Gasteiger partial charge >= 0.3 is 0 Å². The van der Waals surface area contributed by atoms with Crippen molar-refractivity contribution in [3.05, 3.63) is 53.7 Å². The zero-order valence-corrected chi connectivity index (χ0v) is 10.2. The third-order valence-electron chi connectivity index (χ3n) is 2.61. The molecule has 0 aliphatic heterocycles. The van der Waals surface area contributed by atoms with Gasteiger partial charge in [-0.25, -0.2) is 4.98 Å². The lowest BCUT2D eigenvalue weighted by Gasteiger charge is -2.07. The van der Waals surface area contributed by atoms with E-state index in [-0.39, 0.29) is 5.91 Å². The Labute approximate surface area is 106 Å². The van der Waals surface area contributed by atoms with E-state index in [1.165, 1.54) is 0 Å². The molecule has 0 atom stereocenters. The van der Waals surface area contributed by atoms with Crippen LogP contribution < -0.4 is 11.1 Å². The molecular formula is C14H15N3O. The van der Waals surface area contributed by atoms with Crippen LogP contribution in [-0.2, 0) is 11.2 Å². The minimum Gasteiger partial charge on any atom is -0.399 e. The molecule has 0 unspecified atom stereocenters. The molecule has 2 rings (SSSR count). The molecule has 4 heteroatoms. The Balaban J connectivity index is 2.01. The van der Waals surface area contributed by atoms with E-state index >= 15 is 0 Å². The SMILES string of the molecule is Cc1cccnc1NC(=O)Cc1ccc(N)cc1. The summed E-state index contributed by atoms with van der Waals surface area (Å²) in [5.41, 5.74) is 8.16. The molecular weight excluding hydrogens is 226 g/mol. The van der Waals surface area contributed by atoms with Crippen molar-refractivity contribution in [2.24, 2.45) is 0 Å². The fraction of sp³-hybridized carbons (Fsp3) is 0.143. The molecule has 18 heavy (non-hydrogen) atoms. The molecule has 0 radical (unpaired) electrons. The highest BCUT2D eigenvalue weighted by Gasteiger charge is 2.06. The number of anilines is 2. The van der Waals surface area contributed by atoms with Crippen molar-refractivity contribution in [2.45, 2.75) is 13.3 Å². The van der Waals surface area contributed by atoms with Gasteiger partial charge in [0.2, 0.25) is 5.91 Å². The van der Waals surface area contributed by atoms with Crippen molar-refractivity contribution in [2.75, 3.05) is 11.1 Å². The average Bonchev–Trinajstić information content (AvgIpc) is 2.35. The quantitative estimate of drug-likeness (QED) is 0.809. The topological polar surface area (TPSA) is 68.0 Å². The summed E-state index contributed by atoms with van der Waals surface area (Å²) in [7, 11) is 0. The van der Waals surface area contributed by atoms with Gasteiger partial charge in [-0.05, 0) is 36.2 Å². The molecule has 92 valence electrons. The van der Waals surface area contributed by atoms with Crippen LogP contribution in [0.2, 0.25) is 0 Å². The number of carbonyl (C=O) groups is 1. The van der Waals surface area contributed by atoms with Gasteiger partial charge in [-0.15, -0.1) is 0 Å². The van der Waals surface area contributed by atoms with Gasteiger partial charge in [-0.1, -0.05) is 18.2 Å². The molecule has 0 saturated carbocycles. The van der Waals surface area contributed by atoms with Crippen LogP contribution in [0.3, 0.4) is 0 Å². The lowest BCUT2D eigenvalue weighted by Crippen LogP contribution is -2.16. The molecule has 0 fully saturated rings. The first-order chi connectivity index (χ1) is 8.65. The van der Waals surface area contributed by atoms with Crippen LogP contribution >= 0.6 is 0 Å². The van der Waals surface area contributed by atoms with Crippen molar-refractivity contribution in [3.63, 3.8) is 0 Å². The molecule has 1 heterocycles. The largest absolute Gasteiger partial charge is 0.399 e. The Kier molecular flexibility index (Phi) is 3.57. The molecule has 1 aromatic heterocycles. The maximum absolute atomic E-state index is 11.8. The minimum atomic E-state index is -0.0819. The predicted molar refractivity (Wildman–Crippen MR) is 72.2 cm³/mol. The molecule has 4 nitrogen and oxygen atoms in total. The summed E-state index contributed by atoms with van der Waals surface area (Å²) < 4.78 is 0. The van der Waals surface area contributed by atoms with E-state index in [1.807, 2.05) is 31.2 Å². The lowest BCUT2D eigenvalue weighted by molar-refractivity contribution is -0.115. The number of pyridine rings is 1. The van der Waals surface area contributed by atoms with E-state index in [1.54, 1.807) is 18.3 Å². The summed E-state index contributed by atoms with van der Waals surface area (Å²) in [6.07, 6.45) is 1.97. The Morgan fingerprint density at radius 3 is 2.67 bits per heavy atom. The molecule has 0 spiro atoms. The number of nitrogens with zero attached hydrogens (tertiary/aromatic N) is 1. The maximum atomic E-state index is 11.8. The highest BCUT2D eigenvalue weighted by molar-refractivity contribution is 5.91. The Hall–Kier alpha value is -2.36. The molecule has 0 aliphatic carbocycles. The highest BCUT2D eigenvalue weighted by Crippen LogP contribution is 2.11. The number of rotatable bonds is 3. The fourth-order valence-corrected chi connectivity index (χ4v) is 1.61. The Bertz CT molecular complexity index is 549. The third-order valence-corrected chi connectivity index (χ3v) is 2.61. The van der Waals surface area contributed by atoms with Gasteiger partial charge in [0, 0.05) is 11.9 Å². The highest BCUT2D eigenvalue weighted by atomic mass is 16.1. The van der Waals surface area contributed by atoms with E-state index in [9.17, 15) is 4.79 Å². The first-order valence-electron chi connectivity index (χ1n) is 5.71. The number of hydrogen-bond acceptors (Lipinski definition) is 3. The monoisotopic (exact) mass is 241 g/mol. The van der Waals surface area contributed by atoms with Crippen molar-refractivity contribution in [3.8, 4) is 0 Å². The van der Waals surface area contributed by atoms with Crippen LogP contribution in [0, 0.1) is 6.92 Å². The van der Waals surface area contributed by atoms with Crippen LogP contribution in [0.4, 0.5) is 11.5 Å². The van der Waals surface area contributed by atoms with Crippen molar-refractivity contribution in [1.29, 1.82) is 0 Å². The number of nitrogens with one attached hydrogen (secondary N) is 1. The molecule has 0 saturated heterocycles. The van der Waals surface area contributed by atoms with Crippen LogP contribution in [-0.4, -0.2) is 10.9 Å². The van der Waals surface area contributed by atoms with E-state index in [2.05, 4.69) is 10.3 Å². The predicted octanol–water partition coefficient (Wildman–Crippen LogP) is 2.15. The summed E-state index contributed by atoms with van der Waals surface area (Å²) >= 11 is 0. The van der Waals surface area contributed by atoms with Crippen LogP contribution in [0.25, 0.3) is 0 Å². The number of aryl methyl sites for hydroxylation is 1. The summed E-state index contributed by atoms with van der Waals surface area (Å²) in [5, 5.41) is 2.79. The summed E-state index contributed by atoms with van der Waals surface area (Å²) in [6, 6.07) is 11.0. The summed E-state index contributed by atoms with van der Waals surface area (Å²) in [5.74, 6) is 0.527. The zero-order valence-electron chi connectivity index (χ0n) is 10.2. The van der Waals surface area contributed by atoms with Gasteiger partial charge in [0.1, 0.15) is 5.82 Å². The van der Waals surface area contributed by atoms with E-state index in [4.69, 9.17) is 5.73 Å². The zero-order chi connectivity index (χ0) is 13.0. The van der Waals surface area contributed by atoms with E-state index < -0.39 is 0 Å². The Morgan fingerprint density at radius 1 is 1.28 bits per heavy atom. The molecule has 0 aliphatic rings. The lowest BCUT2D eigenvalue weighted by atomic mass is 10.1. The van der Waals surface area contributed by atoms with Gasteiger partial charge in [0.15, 0.2) is 0 Å². The number of nitrogens with two attached hydrogens (primary N) is 1. The second-order valence-electron chi connectivity index (χ2n) is 4.14. The summed E-state index contributed by atoms with van der Waals surface area (Å²) in [6.45, 7) is 1.91. The molecule has 0 bridgehead atoms. The van der Waals surface area contributed by atoms with Gasteiger partial charge in [0.05, 0.1) is 6.42 Å². The van der Waals surface area contributed by atoms with Gasteiger partial charge in [-0.3, -0.25) is 4.79 Å².